The second-order valence-electron chi connectivity index (χ2n) is 2.96. The van der Waals surface area contributed by atoms with Gasteiger partial charge in [-0.25, -0.2) is 4.79 Å². The Balaban J connectivity index is 2.84. The van der Waals surface area contributed by atoms with E-state index in [1.165, 1.54) is 18.3 Å². The monoisotopic (exact) mass is 377 g/mol. The first-order chi connectivity index (χ1) is 9.23. The van der Waals surface area contributed by atoms with E-state index in [9.17, 15) is 14.9 Å². The van der Waals surface area contributed by atoms with Gasteiger partial charge >= 0.3 is 11.1 Å². The largest absolute Gasteiger partial charge is 0.451 e. The SMILES string of the molecule is COC(=O)N(N=Cc1ccc([N+](=O)[O-])s1)SC(Cl)(Cl)Cl. The van der Waals surface area contributed by atoms with E-state index in [-0.39, 0.29) is 5.00 Å². The van der Waals surface area contributed by atoms with Gasteiger partial charge in [0.1, 0.15) is 0 Å². The van der Waals surface area contributed by atoms with Crippen molar-refractivity contribution in [1.29, 1.82) is 0 Å². The molecule has 0 unspecified atom stereocenters. The molecule has 110 valence electrons. The van der Waals surface area contributed by atoms with Crippen LogP contribution in [0.25, 0.3) is 0 Å². The van der Waals surface area contributed by atoms with Crippen LogP contribution in [-0.2, 0) is 4.74 Å². The van der Waals surface area contributed by atoms with Crippen LogP contribution in [0.3, 0.4) is 0 Å². The molecule has 7 nitrogen and oxygen atoms in total. The molecule has 1 rings (SSSR count). The van der Waals surface area contributed by atoms with Crippen molar-refractivity contribution < 1.29 is 14.5 Å². The lowest BCUT2D eigenvalue weighted by Crippen LogP contribution is -2.22. The summed E-state index contributed by atoms with van der Waals surface area (Å²) in [6.07, 6.45) is 0.362. The van der Waals surface area contributed by atoms with Gasteiger partial charge in [0.15, 0.2) is 0 Å². The highest BCUT2D eigenvalue weighted by molar-refractivity contribution is 8.03. The Labute approximate surface area is 136 Å². The number of hydrogen-bond acceptors (Lipinski definition) is 7. The smallest absolute Gasteiger partial charge is 0.440 e. The molecule has 12 heteroatoms. The van der Waals surface area contributed by atoms with Crippen LogP contribution in [0.5, 0.6) is 0 Å². The minimum Gasteiger partial charge on any atom is -0.451 e. The van der Waals surface area contributed by atoms with E-state index in [4.69, 9.17) is 34.8 Å². The molecule has 0 aromatic carbocycles. The fourth-order valence-corrected chi connectivity index (χ4v) is 2.62. The van der Waals surface area contributed by atoms with Crippen molar-refractivity contribution in [3.05, 3.63) is 27.1 Å². The zero-order valence-corrected chi connectivity index (χ0v) is 13.6. The molecule has 0 radical (unpaired) electrons. The number of hydrazone groups is 1. The molecule has 0 atom stereocenters. The minimum absolute atomic E-state index is 0.0508. The van der Waals surface area contributed by atoms with Crippen molar-refractivity contribution in [2.75, 3.05) is 7.11 Å². The van der Waals surface area contributed by atoms with Crippen molar-refractivity contribution in [3.8, 4) is 0 Å². The summed E-state index contributed by atoms with van der Waals surface area (Å²) in [7, 11) is 1.14. The number of hydrogen-bond donors (Lipinski definition) is 0. The highest BCUT2D eigenvalue weighted by Crippen LogP contribution is 2.41. The van der Waals surface area contributed by atoms with Crippen molar-refractivity contribution in [3.63, 3.8) is 0 Å². The standard InChI is InChI=1S/C8H6Cl3N3O4S2/c1-18-7(15)13(20-8(9,10)11)12-4-5-2-3-6(19-5)14(16)17/h2-4H,1H3. The summed E-state index contributed by atoms with van der Waals surface area (Å²) in [5.74, 6) is 0. The van der Waals surface area contributed by atoms with Crippen LogP contribution in [0, 0.1) is 10.1 Å². The lowest BCUT2D eigenvalue weighted by atomic mass is 10.5. The predicted octanol–water partition coefficient (Wildman–Crippen LogP) is 4.03. The molecule has 1 amide bonds. The maximum atomic E-state index is 11.4. The number of alkyl halides is 3. The molecule has 20 heavy (non-hydrogen) atoms. The molecule has 0 N–H and O–H groups in total. The molecule has 1 heterocycles. The zero-order valence-electron chi connectivity index (χ0n) is 9.66. The van der Waals surface area contributed by atoms with Crippen LogP contribution in [0.1, 0.15) is 4.88 Å². The number of rotatable bonds is 4. The second kappa shape index (κ2) is 7.32. The molecule has 0 saturated heterocycles. The van der Waals surface area contributed by atoms with Crippen LogP contribution in [0.2, 0.25) is 0 Å². The van der Waals surface area contributed by atoms with Crippen molar-refractivity contribution in [2.45, 2.75) is 3.12 Å². The highest BCUT2D eigenvalue weighted by Gasteiger charge is 2.29. The summed E-state index contributed by atoms with van der Waals surface area (Å²) in [5.41, 5.74) is 0. The summed E-state index contributed by atoms with van der Waals surface area (Å²) in [6.45, 7) is 0. The van der Waals surface area contributed by atoms with Gasteiger partial charge in [0.25, 0.3) is 3.12 Å². The number of nitrogens with zero attached hydrogens (tertiary/aromatic N) is 3. The predicted molar refractivity (Wildman–Crippen MR) is 80.7 cm³/mol. The van der Waals surface area contributed by atoms with Gasteiger partial charge in [-0.1, -0.05) is 46.1 Å². The fourth-order valence-electron chi connectivity index (χ4n) is 0.903. The molecular formula is C8H6Cl3N3O4S2. The van der Waals surface area contributed by atoms with E-state index in [0.29, 0.717) is 16.8 Å². The van der Waals surface area contributed by atoms with E-state index in [2.05, 4.69) is 9.84 Å². The summed E-state index contributed by atoms with van der Waals surface area (Å²) in [5, 5.41) is 14.2. The Kier molecular flexibility index (Phi) is 6.34. The molecule has 1 aromatic heterocycles. The first-order valence-corrected chi connectivity index (χ1v) is 7.37. The average Bonchev–Trinajstić information content (AvgIpc) is 2.81. The number of nitro groups is 1. The molecule has 0 spiro atoms. The third-order valence-corrected chi connectivity index (χ3v) is 3.82. The van der Waals surface area contributed by atoms with Gasteiger partial charge in [-0.2, -0.15) is 5.10 Å². The lowest BCUT2D eigenvalue weighted by Gasteiger charge is -2.17. The third-order valence-electron chi connectivity index (χ3n) is 1.60. The van der Waals surface area contributed by atoms with Crippen LogP contribution < -0.4 is 0 Å². The first kappa shape index (κ1) is 17.3. The van der Waals surface area contributed by atoms with E-state index in [0.717, 1.165) is 22.9 Å². The summed E-state index contributed by atoms with van der Waals surface area (Å²) < 4.78 is 3.37. The minimum atomic E-state index is -1.81. The van der Waals surface area contributed by atoms with Gasteiger partial charge < -0.3 is 4.74 Å². The van der Waals surface area contributed by atoms with E-state index >= 15 is 0 Å². The van der Waals surface area contributed by atoms with Crippen LogP contribution in [-0.4, -0.2) is 31.9 Å². The number of methoxy groups -OCH3 is 1. The number of carbonyl (C=O) groups is 1. The Morgan fingerprint density at radius 2 is 2.25 bits per heavy atom. The summed E-state index contributed by atoms with van der Waals surface area (Å²) in [4.78, 5) is 21.9. The maximum absolute atomic E-state index is 11.4. The summed E-state index contributed by atoms with van der Waals surface area (Å²) >= 11 is 18.0. The number of thiophene rings is 1. The molecule has 0 aliphatic heterocycles. The quantitative estimate of drug-likeness (QED) is 0.259. The van der Waals surface area contributed by atoms with Crippen LogP contribution in [0.15, 0.2) is 17.2 Å². The van der Waals surface area contributed by atoms with Crippen molar-refractivity contribution in [1.82, 2.24) is 4.41 Å². The normalized spacial score (nSPS) is 11.6. The molecule has 0 fully saturated rings. The number of ether oxygens (including phenoxy) is 1. The number of halogens is 3. The Morgan fingerprint density at radius 3 is 2.70 bits per heavy atom. The molecular weight excluding hydrogens is 373 g/mol. The highest BCUT2D eigenvalue weighted by atomic mass is 35.6. The van der Waals surface area contributed by atoms with Gasteiger partial charge in [0, 0.05) is 18.0 Å². The fraction of sp³-hybridized carbons (Fsp3) is 0.250. The van der Waals surface area contributed by atoms with Gasteiger partial charge in [-0.3, -0.25) is 10.1 Å². The van der Waals surface area contributed by atoms with Crippen molar-refractivity contribution in [2.24, 2.45) is 5.10 Å². The lowest BCUT2D eigenvalue weighted by molar-refractivity contribution is -0.380. The first-order valence-electron chi connectivity index (χ1n) is 4.65. The number of carbonyl (C=O) groups excluding carboxylic acids is 1. The van der Waals surface area contributed by atoms with E-state index < -0.39 is 14.1 Å². The Hall–Kier alpha value is -0.740. The van der Waals surface area contributed by atoms with E-state index in [1.54, 1.807) is 0 Å². The molecule has 0 aliphatic rings. The molecule has 0 aliphatic carbocycles. The molecule has 0 bridgehead atoms. The van der Waals surface area contributed by atoms with Gasteiger partial charge in [-0.15, -0.1) is 4.41 Å². The molecule has 0 saturated carbocycles. The van der Waals surface area contributed by atoms with Gasteiger partial charge in [-0.05, 0) is 6.07 Å². The topological polar surface area (TPSA) is 85.0 Å². The number of amides is 1. The third kappa shape index (κ3) is 5.71. The maximum Gasteiger partial charge on any atom is 0.440 e. The molecule has 1 aromatic rings. The Morgan fingerprint density at radius 1 is 1.60 bits per heavy atom. The average molecular weight is 379 g/mol. The zero-order chi connectivity index (χ0) is 15.3. The van der Waals surface area contributed by atoms with Gasteiger partial charge in [0.05, 0.1) is 23.1 Å². The summed E-state index contributed by atoms with van der Waals surface area (Å²) in [6, 6.07) is 2.79. The Bertz CT molecular complexity index is 531. The van der Waals surface area contributed by atoms with Gasteiger partial charge in [0.2, 0.25) is 0 Å². The van der Waals surface area contributed by atoms with Crippen LogP contribution >= 0.6 is 58.1 Å². The van der Waals surface area contributed by atoms with E-state index in [1.807, 2.05) is 0 Å². The van der Waals surface area contributed by atoms with Crippen molar-refractivity contribution >= 4 is 75.4 Å². The van der Waals surface area contributed by atoms with Crippen LogP contribution in [0.4, 0.5) is 9.80 Å². The second-order valence-corrected chi connectivity index (χ2v) is 8.15.